The summed E-state index contributed by atoms with van der Waals surface area (Å²) < 4.78 is 0. The smallest absolute Gasteiger partial charge is 0.394 e. The molecule has 12 heavy (non-hydrogen) atoms. The minimum Gasteiger partial charge on any atom is -0.474 e. The lowest BCUT2D eigenvalue weighted by molar-refractivity contribution is -0.155. The normalized spacial score (nSPS) is 15.8. The van der Waals surface area contributed by atoms with Gasteiger partial charge in [0.25, 0.3) is 0 Å². The van der Waals surface area contributed by atoms with Gasteiger partial charge in [-0.05, 0) is 25.7 Å². The molecular weight excluding hydrogens is 158 g/mol. The summed E-state index contributed by atoms with van der Waals surface area (Å²) in [4.78, 5) is 22.7. The first-order valence-electron chi connectivity index (χ1n) is 4.17. The lowest BCUT2D eigenvalue weighted by atomic mass is 10.3. The molecule has 4 heteroatoms. The van der Waals surface area contributed by atoms with Gasteiger partial charge in [0.05, 0.1) is 0 Å². The van der Waals surface area contributed by atoms with Crippen LogP contribution in [0.15, 0.2) is 0 Å². The first-order chi connectivity index (χ1) is 5.65. The molecule has 0 aromatic heterocycles. The maximum atomic E-state index is 11.0. The highest BCUT2D eigenvalue weighted by atomic mass is 16.4. The number of aliphatic carboxylic acids is 1. The standard InChI is InChI=1S/C8H13NO3/c1-2-9(5-6-3-4-6)7(10)8(11)12/h6H,2-5H2,1H3,(H,11,12). The second-order valence-electron chi connectivity index (χ2n) is 3.09. The molecule has 0 heterocycles. The highest BCUT2D eigenvalue weighted by Crippen LogP contribution is 2.29. The Labute approximate surface area is 71.2 Å². The zero-order valence-corrected chi connectivity index (χ0v) is 7.12. The molecule has 0 unspecified atom stereocenters. The average Bonchev–Trinajstić information content (AvgIpc) is 2.82. The Morgan fingerprint density at radius 2 is 2.08 bits per heavy atom. The van der Waals surface area contributed by atoms with Gasteiger partial charge in [-0.15, -0.1) is 0 Å². The Balaban J connectivity index is 2.41. The number of amides is 1. The summed E-state index contributed by atoms with van der Waals surface area (Å²) in [7, 11) is 0. The van der Waals surface area contributed by atoms with Crippen LogP contribution in [-0.4, -0.2) is 35.0 Å². The van der Waals surface area contributed by atoms with E-state index in [1.807, 2.05) is 0 Å². The maximum Gasteiger partial charge on any atom is 0.394 e. The van der Waals surface area contributed by atoms with Gasteiger partial charge in [-0.1, -0.05) is 0 Å². The van der Waals surface area contributed by atoms with E-state index in [0.717, 1.165) is 12.8 Å². The molecule has 1 aliphatic carbocycles. The quantitative estimate of drug-likeness (QED) is 0.622. The molecule has 0 aliphatic heterocycles. The lowest BCUT2D eigenvalue weighted by Crippen LogP contribution is -2.37. The van der Waals surface area contributed by atoms with Crippen molar-refractivity contribution in [1.82, 2.24) is 4.90 Å². The molecule has 1 aliphatic rings. The van der Waals surface area contributed by atoms with E-state index in [9.17, 15) is 9.59 Å². The van der Waals surface area contributed by atoms with E-state index < -0.39 is 11.9 Å². The highest BCUT2D eigenvalue weighted by molar-refractivity contribution is 6.31. The minimum atomic E-state index is -1.35. The summed E-state index contributed by atoms with van der Waals surface area (Å²) >= 11 is 0. The number of likely N-dealkylation sites (N-methyl/N-ethyl adjacent to an activating group) is 1. The van der Waals surface area contributed by atoms with E-state index in [4.69, 9.17) is 5.11 Å². The Kier molecular flexibility index (Phi) is 2.68. The summed E-state index contributed by atoms with van der Waals surface area (Å²) in [6.07, 6.45) is 2.26. The van der Waals surface area contributed by atoms with Crippen molar-refractivity contribution in [2.45, 2.75) is 19.8 Å². The molecule has 68 valence electrons. The van der Waals surface area contributed by atoms with Gasteiger partial charge < -0.3 is 10.0 Å². The van der Waals surface area contributed by atoms with Crippen LogP contribution in [0, 0.1) is 5.92 Å². The minimum absolute atomic E-state index is 0.488. The summed E-state index contributed by atoms with van der Waals surface area (Å²) in [5.74, 6) is -1.57. The van der Waals surface area contributed by atoms with E-state index in [1.54, 1.807) is 6.92 Å². The van der Waals surface area contributed by atoms with Crippen molar-refractivity contribution in [2.24, 2.45) is 5.92 Å². The van der Waals surface area contributed by atoms with Crippen LogP contribution in [0.1, 0.15) is 19.8 Å². The third-order valence-electron chi connectivity index (χ3n) is 2.03. The monoisotopic (exact) mass is 171 g/mol. The molecule has 1 N–H and O–H groups in total. The van der Waals surface area contributed by atoms with E-state index in [-0.39, 0.29) is 0 Å². The largest absolute Gasteiger partial charge is 0.474 e. The van der Waals surface area contributed by atoms with Crippen LogP contribution >= 0.6 is 0 Å². The van der Waals surface area contributed by atoms with E-state index in [1.165, 1.54) is 4.90 Å². The molecule has 0 spiro atoms. The Bertz CT molecular complexity index is 198. The predicted octanol–water partition coefficient (Wildman–Crippen LogP) is 0.329. The third kappa shape index (κ3) is 2.22. The van der Waals surface area contributed by atoms with Crippen molar-refractivity contribution in [3.63, 3.8) is 0 Å². The van der Waals surface area contributed by atoms with Crippen LogP contribution in [0.5, 0.6) is 0 Å². The van der Waals surface area contributed by atoms with Gasteiger partial charge >= 0.3 is 11.9 Å². The van der Waals surface area contributed by atoms with Crippen molar-refractivity contribution < 1.29 is 14.7 Å². The topological polar surface area (TPSA) is 57.6 Å². The molecule has 1 fully saturated rings. The van der Waals surface area contributed by atoms with Crippen molar-refractivity contribution in [2.75, 3.05) is 13.1 Å². The van der Waals surface area contributed by atoms with E-state index >= 15 is 0 Å². The number of carboxylic acid groups (broad SMARTS) is 1. The number of nitrogens with zero attached hydrogens (tertiary/aromatic N) is 1. The van der Waals surface area contributed by atoms with Gasteiger partial charge in [0, 0.05) is 13.1 Å². The van der Waals surface area contributed by atoms with E-state index in [0.29, 0.717) is 19.0 Å². The second kappa shape index (κ2) is 3.56. The molecule has 1 rings (SSSR count). The number of rotatable bonds is 3. The van der Waals surface area contributed by atoms with E-state index in [2.05, 4.69) is 0 Å². The first kappa shape index (κ1) is 9.03. The molecule has 0 atom stereocenters. The second-order valence-corrected chi connectivity index (χ2v) is 3.09. The average molecular weight is 171 g/mol. The van der Waals surface area contributed by atoms with Gasteiger partial charge in [0.15, 0.2) is 0 Å². The fourth-order valence-electron chi connectivity index (χ4n) is 1.10. The highest BCUT2D eigenvalue weighted by Gasteiger charge is 2.28. The Hall–Kier alpha value is -1.06. The summed E-state index contributed by atoms with van der Waals surface area (Å²) in [5, 5.41) is 8.43. The van der Waals surface area contributed by atoms with Gasteiger partial charge in [-0.2, -0.15) is 0 Å². The van der Waals surface area contributed by atoms with Gasteiger partial charge in [-0.3, -0.25) is 4.79 Å². The van der Waals surface area contributed by atoms with Crippen LogP contribution in [0.25, 0.3) is 0 Å². The van der Waals surface area contributed by atoms with Crippen molar-refractivity contribution in [1.29, 1.82) is 0 Å². The number of carbonyl (C=O) groups is 2. The van der Waals surface area contributed by atoms with Crippen LogP contribution in [-0.2, 0) is 9.59 Å². The van der Waals surface area contributed by atoms with Gasteiger partial charge in [0.2, 0.25) is 0 Å². The van der Waals surface area contributed by atoms with Crippen molar-refractivity contribution in [3.05, 3.63) is 0 Å². The third-order valence-corrected chi connectivity index (χ3v) is 2.03. The van der Waals surface area contributed by atoms with Gasteiger partial charge in [0.1, 0.15) is 0 Å². The van der Waals surface area contributed by atoms with Gasteiger partial charge in [-0.25, -0.2) is 4.79 Å². The van der Waals surface area contributed by atoms with Crippen LogP contribution < -0.4 is 0 Å². The predicted molar refractivity (Wildman–Crippen MR) is 42.6 cm³/mol. The fraction of sp³-hybridized carbons (Fsp3) is 0.750. The molecule has 0 aromatic carbocycles. The zero-order chi connectivity index (χ0) is 9.14. The molecule has 0 bridgehead atoms. The summed E-state index contributed by atoms with van der Waals surface area (Å²) in [6, 6.07) is 0. The number of carboxylic acids is 1. The molecular formula is C8H13NO3. The maximum absolute atomic E-state index is 11.0. The Morgan fingerprint density at radius 1 is 1.50 bits per heavy atom. The SMILES string of the molecule is CCN(CC1CC1)C(=O)C(=O)O. The number of carbonyl (C=O) groups excluding carboxylic acids is 1. The van der Waals surface area contributed by atoms with Crippen LogP contribution in [0.3, 0.4) is 0 Å². The molecule has 4 nitrogen and oxygen atoms in total. The Morgan fingerprint density at radius 3 is 2.42 bits per heavy atom. The van der Waals surface area contributed by atoms with Crippen LogP contribution in [0.2, 0.25) is 0 Å². The zero-order valence-electron chi connectivity index (χ0n) is 7.12. The molecule has 0 aromatic rings. The number of hydrogen-bond donors (Lipinski definition) is 1. The molecule has 1 amide bonds. The molecule has 0 saturated heterocycles. The van der Waals surface area contributed by atoms with Crippen molar-refractivity contribution >= 4 is 11.9 Å². The summed E-state index contributed by atoms with van der Waals surface area (Å²) in [6.45, 7) is 2.90. The first-order valence-corrected chi connectivity index (χ1v) is 4.17. The molecule has 0 radical (unpaired) electrons. The summed E-state index contributed by atoms with van der Waals surface area (Å²) in [5.41, 5.74) is 0. The fourth-order valence-corrected chi connectivity index (χ4v) is 1.10. The van der Waals surface area contributed by atoms with Crippen molar-refractivity contribution in [3.8, 4) is 0 Å². The number of hydrogen-bond acceptors (Lipinski definition) is 2. The lowest BCUT2D eigenvalue weighted by Gasteiger charge is -2.17. The van der Waals surface area contributed by atoms with Crippen LogP contribution in [0.4, 0.5) is 0 Å². The molecule has 1 saturated carbocycles.